The standard InChI is InChI=1S/C10H5ClF3N3O/c11-7-2-1-3-15-8(7)18-6-4-16-9(17-5-6)10(12,13)14/h1-5H. The van der Waals surface area contributed by atoms with Gasteiger partial charge in [-0.1, -0.05) is 11.6 Å². The number of aromatic nitrogens is 3. The van der Waals surface area contributed by atoms with Crippen molar-refractivity contribution >= 4 is 11.6 Å². The predicted molar refractivity (Wildman–Crippen MR) is 56.4 cm³/mol. The first kappa shape index (κ1) is 12.6. The third-order valence-corrected chi connectivity index (χ3v) is 2.11. The predicted octanol–water partition coefficient (Wildman–Crippen LogP) is 3.34. The van der Waals surface area contributed by atoms with Crippen molar-refractivity contribution in [3.05, 3.63) is 41.6 Å². The Morgan fingerprint density at radius 1 is 1.11 bits per heavy atom. The van der Waals surface area contributed by atoms with Gasteiger partial charge in [-0.3, -0.25) is 0 Å². The molecule has 0 aliphatic rings. The van der Waals surface area contributed by atoms with E-state index in [0.717, 1.165) is 12.4 Å². The van der Waals surface area contributed by atoms with Crippen molar-refractivity contribution in [2.24, 2.45) is 0 Å². The molecule has 4 nitrogen and oxygen atoms in total. The molecule has 2 rings (SSSR count). The minimum atomic E-state index is -4.58. The summed E-state index contributed by atoms with van der Waals surface area (Å²) >= 11 is 5.77. The fourth-order valence-corrected chi connectivity index (χ4v) is 1.23. The highest BCUT2D eigenvalue weighted by molar-refractivity contribution is 6.31. The molecule has 94 valence electrons. The highest BCUT2D eigenvalue weighted by Gasteiger charge is 2.34. The Morgan fingerprint density at radius 2 is 1.78 bits per heavy atom. The van der Waals surface area contributed by atoms with Crippen LogP contribution in [-0.4, -0.2) is 15.0 Å². The van der Waals surface area contributed by atoms with Gasteiger partial charge in [0.15, 0.2) is 5.75 Å². The molecule has 0 saturated heterocycles. The molecule has 0 fully saturated rings. The van der Waals surface area contributed by atoms with E-state index in [1.54, 1.807) is 6.07 Å². The van der Waals surface area contributed by atoms with Crippen molar-refractivity contribution in [1.82, 2.24) is 15.0 Å². The summed E-state index contributed by atoms with van der Waals surface area (Å²) in [5.41, 5.74) is 0. The second-order valence-electron chi connectivity index (χ2n) is 3.13. The molecule has 0 atom stereocenters. The highest BCUT2D eigenvalue weighted by Crippen LogP contribution is 2.28. The third-order valence-electron chi connectivity index (χ3n) is 1.82. The van der Waals surface area contributed by atoms with E-state index in [1.165, 1.54) is 12.3 Å². The van der Waals surface area contributed by atoms with Gasteiger partial charge in [-0.15, -0.1) is 0 Å². The maximum absolute atomic E-state index is 12.2. The van der Waals surface area contributed by atoms with Gasteiger partial charge in [-0.25, -0.2) is 15.0 Å². The maximum Gasteiger partial charge on any atom is 0.451 e. The van der Waals surface area contributed by atoms with Crippen molar-refractivity contribution in [3.8, 4) is 11.6 Å². The smallest absolute Gasteiger partial charge is 0.434 e. The topological polar surface area (TPSA) is 47.9 Å². The zero-order chi connectivity index (χ0) is 13.2. The third kappa shape index (κ3) is 2.86. The molecule has 0 aliphatic heterocycles. The van der Waals surface area contributed by atoms with Crippen LogP contribution < -0.4 is 4.74 Å². The Bertz CT molecular complexity index is 545. The number of nitrogens with zero attached hydrogens (tertiary/aromatic N) is 3. The van der Waals surface area contributed by atoms with Crippen LogP contribution in [0.3, 0.4) is 0 Å². The SMILES string of the molecule is FC(F)(F)c1ncc(Oc2ncccc2Cl)cn1. The highest BCUT2D eigenvalue weighted by atomic mass is 35.5. The fraction of sp³-hybridized carbons (Fsp3) is 0.100. The Labute approximate surface area is 104 Å². The van der Waals surface area contributed by atoms with Crippen LogP contribution in [0.15, 0.2) is 30.7 Å². The van der Waals surface area contributed by atoms with Gasteiger partial charge in [0, 0.05) is 6.20 Å². The van der Waals surface area contributed by atoms with Crippen LogP contribution in [0.25, 0.3) is 0 Å². The lowest BCUT2D eigenvalue weighted by Crippen LogP contribution is -2.10. The molecule has 0 N–H and O–H groups in total. The lowest BCUT2D eigenvalue weighted by molar-refractivity contribution is -0.145. The minimum absolute atomic E-state index is 0.0172. The first-order valence-corrected chi connectivity index (χ1v) is 5.02. The van der Waals surface area contributed by atoms with Crippen LogP contribution in [0.5, 0.6) is 11.6 Å². The minimum Gasteiger partial charge on any atom is -0.434 e. The zero-order valence-corrected chi connectivity index (χ0v) is 9.40. The second-order valence-corrected chi connectivity index (χ2v) is 3.54. The molecular formula is C10H5ClF3N3O. The van der Waals surface area contributed by atoms with E-state index >= 15 is 0 Å². The molecule has 0 aliphatic carbocycles. The average Bonchev–Trinajstić information content (AvgIpc) is 2.32. The molecule has 18 heavy (non-hydrogen) atoms. The fourth-order valence-electron chi connectivity index (χ4n) is 1.07. The van der Waals surface area contributed by atoms with E-state index in [0.29, 0.717) is 0 Å². The molecule has 0 unspecified atom stereocenters. The Morgan fingerprint density at radius 3 is 2.33 bits per heavy atom. The number of hydrogen-bond donors (Lipinski definition) is 0. The number of pyridine rings is 1. The van der Waals surface area contributed by atoms with Crippen LogP contribution in [0.2, 0.25) is 5.02 Å². The summed E-state index contributed by atoms with van der Waals surface area (Å²) in [6.45, 7) is 0. The average molecular weight is 276 g/mol. The summed E-state index contributed by atoms with van der Waals surface area (Å²) in [5.74, 6) is -1.15. The lowest BCUT2D eigenvalue weighted by atomic mass is 10.5. The van der Waals surface area contributed by atoms with E-state index in [1.807, 2.05) is 0 Å². The molecule has 0 amide bonds. The summed E-state index contributed by atoms with van der Waals surface area (Å²) in [6.07, 6.45) is -1.34. The van der Waals surface area contributed by atoms with Crippen LogP contribution in [-0.2, 0) is 6.18 Å². The number of halogens is 4. The van der Waals surface area contributed by atoms with E-state index < -0.39 is 12.0 Å². The molecule has 0 aromatic carbocycles. The monoisotopic (exact) mass is 275 g/mol. The van der Waals surface area contributed by atoms with Crippen molar-refractivity contribution in [1.29, 1.82) is 0 Å². The second kappa shape index (κ2) is 4.77. The molecule has 0 saturated carbocycles. The molecule has 0 radical (unpaired) electrons. The van der Waals surface area contributed by atoms with E-state index in [-0.39, 0.29) is 16.7 Å². The molecular weight excluding hydrogens is 271 g/mol. The van der Waals surface area contributed by atoms with Gasteiger partial charge < -0.3 is 4.74 Å². The van der Waals surface area contributed by atoms with Crippen LogP contribution >= 0.6 is 11.6 Å². The summed E-state index contributed by atoms with van der Waals surface area (Å²) < 4.78 is 41.8. The first-order valence-electron chi connectivity index (χ1n) is 4.64. The first-order chi connectivity index (χ1) is 8.47. The molecule has 2 heterocycles. The van der Waals surface area contributed by atoms with Crippen LogP contribution in [0, 0.1) is 0 Å². The van der Waals surface area contributed by atoms with E-state index in [9.17, 15) is 13.2 Å². The van der Waals surface area contributed by atoms with Crippen molar-refractivity contribution in [3.63, 3.8) is 0 Å². The van der Waals surface area contributed by atoms with Gasteiger partial charge in [-0.05, 0) is 12.1 Å². The summed E-state index contributed by atoms with van der Waals surface area (Å²) in [7, 11) is 0. The van der Waals surface area contributed by atoms with Gasteiger partial charge in [0.1, 0.15) is 5.02 Å². The summed E-state index contributed by atoms with van der Waals surface area (Å²) in [4.78, 5) is 10.1. The molecule has 2 aromatic heterocycles. The Hall–Kier alpha value is -1.89. The number of alkyl halides is 3. The number of rotatable bonds is 2. The van der Waals surface area contributed by atoms with E-state index in [4.69, 9.17) is 16.3 Å². The number of ether oxygens (including phenoxy) is 1. The molecule has 0 spiro atoms. The molecule has 8 heteroatoms. The van der Waals surface area contributed by atoms with Gasteiger partial charge in [0.05, 0.1) is 12.4 Å². The Kier molecular flexibility index (Phi) is 3.33. The quantitative estimate of drug-likeness (QED) is 0.843. The van der Waals surface area contributed by atoms with Crippen molar-refractivity contribution < 1.29 is 17.9 Å². The zero-order valence-electron chi connectivity index (χ0n) is 8.65. The molecule has 0 bridgehead atoms. The molecule has 2 aromatic rings. The van der Waals surface area contributed by atoms with Crippen LogP contribution in [0.4, 0.5) is 13.2 Å². The maximum atomic E-state index is 12.2. The largest absolute Gasteiger partial charge is 0.451 e. The summed E-state index contributed by atoms with van der Waals surface area (Å²) in [6, 6.07) is 3.13. The normalized spacial score (nSPS) is 11.3. The summed E-state index contributed by atoms with van der Waals surface area (Å²) in [5, 5.41) is 0.234. The van der Waals surface area contributed by atoms with Gasteiger partial charge in [0.2, 0.25) is 11.7 Å². The van der Waals surface area contributed by atoms with Crippen molar-refractivity contribution in [2.45, 2.75) is 6.18 Å². The van der Waals surface area contributed by atoms with Crippen LogP contribution in [0.1, 0.15) is 5.82 Å². The van der Waals surface area contributed by atoms with Gasteiger partial charge in [0.25, 0.3) is 0 Å². The number of hydrogen-bond acceptors (Lipinski definition) is 4. The van der Waals surface area contributed by atoms with Gasteiger partial charge in [-0.2, -0.15) is 13.2 Å². The lowest BCUT2D eigenvalue weighted by Gasteiger charge is -2.07. The van der Waals surface area contributed by atoms with Gasteiger partial charge >= 0.3 is 6.18 Å². The Balaban J connectivity index is 2.19. The van der Waals surface area contributed by atoms with Crippen molar-refractivity contribution in [2.75, 3.05) is 0 Å². The van der Waals surface area contributed by atoms with E-state index in [2.05, 4.69) is 15.0 Å².